The Hall–Kier alpha value is -2.80. The van der Waals surface area contributed by atoms with E-state index in [2.05, 4.69) is 6.58 Å². The van der Waals surface area contributed by atoms with E-state index in [1.165, 1.54) is 0 Å². The Kier molecular flexibility index (Phi) is 9.02. The maximum Gasteiger partial charge on any atom is 0.115 e. The fraction of sp³-hybridized carbons (Fsp3) is 0.310. The third-order valence-electron chi connectivity index (χ3n) is 5.89. The minimum absolute atomic E-state index is 0.302. The predicted molar refractivity (Wildman–Crippen MR) is 131 cm³/mol. The molecule has 5 heteroatoms. The number of aliphatic hydroxyl groups is 1. The maximum atomic E-state index is 11.1. The van der Waals surface area contributed by atoms with Crippen molar-refractivity contribution in [3.8, 4) is 0 Å². The van der Waals surface area contributed by atoms with Crippen molar-refractivity contribution in [3.63, 3.8) is 0 Å². The number of hydrogen-bond donors (Lipinski definition) is 1. The van der Waals surface area contributed by atoms with Crippen molar-refractivity contribution in [3.05, 3.63) is 120 Å². The Bertz CT molecular complexity index is 979. The molecule has 5 atom stereocenters. The lowest BCUT2D eigenvalue weighted by molar-refractivity contribution is -0.251. The van der Waals surface area contributed by atoms with Gasteiger partial charge >= 0.3 is 0 Å². The summed E-state index contributed by atoms with van der Waals surface area (Å²) in [5.41, 5.74) is 3.14. The summed E-state index contributed by atoms with van der Waals surface area (Å²) in [4.78, 5) is 0. The molecular weight excluding hydrogens is 428 g/mol. The van der Waals surface area contributed by atoms with Crippen LogP contribution in [-0.2, 0) is 38.8 Å². The molecule has 1 aliphatic rings. The lowest BCUT2D eigenvalue weighted by Crippen LogP contribution is -2.59. The van der Waals surface area contributed by atoms with Gasteiger partial charge in [-0.2, -0.15) is 0 Å². The van der Waals surface area contributed by atoms with Gasteiger partial charge in [0, 0.05) is 0 Å². The zero-order valence-corrected chi connectivity index (χ0v) is 19.2. The summed E-state index contributed by atoms with van der Waals surface area (Å²) in [5, 5.41) is 11.1. The van der Waals surface area contributed by atoms with E-state index in [-0.39, 0.29) is 0 Å². The minimum atomic E-state index is -0.910. The van der Waals surface area contributed by atoms with E-state index >= 15 is 0 Å². The predicted octanol–water partition coefficient (Wildman–Crippen LogP) is 4.69. The summed E-state index contributed by atoms with van der Waals surface area (Å²) in [7, 11) is 0. The van der Waals surface area contributed by atoms with Gasteiger partial charge in [0.25, 0.3) is 0 Å². The molecule has 1 N–H and O–H groups in total. The summed E-state index contributed by atoms with van der Waals surface area (Å²) in [6, 6.07) is 29.8. The van der Waals surface area contributed by atoms with Crippen LogP contribution in [0.2, 0.25) is 0 Å². The quantitative estimate of drug-likeness (QED) is 0.421. The number of ether oxygens (including phenoxy) is 4. The molecule has 0 bridgehead atoms. The summed E-state index contributed by atoms with van der Waals surface area (Å²) >= 11 is 0. The third kappa shape index (κ3) is 6.63. The Balaban J connectivity index is 1.49. The summed E-state index contributed by atoms with van der Waals surface area (Å²) in [6.45, 7) is 5.34. The number of hydrogen-bond acceptors (Lipinski definition) is 5. The van der Waals surface area contributed by atoms with Gasteiger partial charge in [0.1, 0.15) is 30.5 Å². The van der Waals surface area contributed by atoms with Crippen LogP contribution in [0, 0.1) is 0 Å². The average Bonchev–Trinajstić information content (AvgIpc) is 2.89. The molecule has 1 saturated heterocycles. The molecule has 1 aliphatic heterocycles. The highest BCUT2D eigenvalue weighted by Crippen LogP contribution is 2.29. The van der Waals surface area contributed by atoms with E-state index < -0.39 is 30.5 Å². The van der Waals surface area contributed by atoms with Crippen molar-refractivity contribution < 1.29 is 24.1 Å². The lowest BCUT2D eigenvalue weighted by Gasteiger charge is -2.43. The molecule has 1 fully saturated rings. The van der Waals surface area contributed by atoms with Gasteiger partial charge in [-0.05, 0) is 16.7 Å². The highest BCUT2D eigenvalue weighted by atomic mass is 16.6. The van der Waals surface area contributed by atoms with Gasteiger partial charge in [0.2, 0.25) is 0 Å². The minimum Gasteiger partial charge on any atom is -0.387 e. The van der Waals surface area contributed by atoms with E-state index in [1.54, 1.807) is 6.08 Å². The number of rotatable bonds is 11. The van der Waals surface area contributed by atoms with Crippen LogP contribution in [0.15, 0.2) is 104 Å². The first-order chi connectivity index (χ1) is 16.7. The van der Waals surface area contributed by atoms with Crippen molar-refractivity contribution in [2.45, 2.75) is 50.3 Å². The molecule has 178 valence electrons. The van der Waals surface area contributed by atoms with Gasteiger partial charge in [-0.3, -0.25) is 0 Å². The zero-order valence-electron chi connectivity index (χ0n) is 19.2. The summed E-state index contributed by atoms with van der Waals surface area (Å²) in [6.07, 6.45) is -1.44. The number of aliphatic hydroxyl groups excluding tert-OH is 1. The molecule has 3 aromatic rings. The Morgan fingerprint density at radius 1 is 0.706 bits per heavy atom. The Labute approximate surface area is 201 Å². The third-order valence-corrected chi connectivity index (χ3v) is 5.89. The van der Waals surface area contributed by atoms with Crippen LogP contribution in [0.3, 0.4) is 0 Å². The fourth-order valence-electron chi connectivity index (χ4n) is 4.08. The van der Waals surface area contributed by atoms with Gasteiger partial charge in [0.05, 0.1) is 26.4 Å². The molecule has 5 nitrogen and oxygen atoms in total. The van der Waals surface area contributed by atoms with Crippen LogP contribution in [0.25, 0.3) is 0 Å². The molecule has 0 spiro atoms. The van der Waals surface area contributed by atoms with Crippen LogP contribution < -0.4 is 0 Å². The first-order valence-corrected chi connectivity index (χ1v) is 11.6. The Morgan fingerprint density at radius 2 is 1.18 bits per heavy atom. The smallest absolute Gasteiger partial charge is 0.115 e. The van der Waals surface area contributed by atoms with Crippen LogP contribution in [0.5, 0.6) is 0 Å². The van der Waals surface area contributed by atoms with Crippen molar-refractivity contribution >= 4 is 0 Å². The molecule has 0 aromatic heterocycles. The Morgan fingerprint density at radius 3 is 1.68 bits per heavy atom. The van der Waals surface area contributed by atoms with Crippen LogP contribution in [0.4, 0.5) is 0 Å². The second kappa shape index (κ2) is 12.6. The maximum absolute atomic E-state index is 11.1. The van der Waals surface area contributed by atoms with Gasteiger partial charge < -0.3 is 24.1 Å². The summed E-state index contributed by atoms with van der Waals surface area (Å²) in [5.74, 6) is 0. The van der Waals surface area contributed by atoms with E-state index in [4.69, 9.17) is 18.9 Å². The largest absolute Gasteiger partial charge is 0.387 e. The molecule has 0 aliphatic carbocycles. The molecule has 0 unspecified atom stereocenters. The molecule has 0 saturated carbocycles. The SMILES string of the molecule is C=C[C@@H]1O[C@H](COCc2ccccc2)[C@@H](OCc2ccccc2)[C@H](OCc2ccccc2)[C@@H]1O. The zero-order chi connectivity index (χ0) is 23.6. The molecule has 4 rings (SSSR count). The molecule has 1 heterocycles. The van der Waals surface area contributed by atoms with E-state index in [0.29, 0.717) is 26.4 Å². The van der Waals surface area contributed by atoms with E-state index in [9.17, 15) is 5.11 Å². The first-order valence-electron chi connectivity index (χ1n) is 11.6. The van der Waals surface area contributed by atoms with Gasteiger partial charge in [-0.25, -0.2) is 0 Å². The second-order valence-electron chi connectivity index (χ2n) is 8.39. The van der Waals surface area contributed by atoms with Crippen LogP contribution in [-0.4, -0.2) is 42.2 Å². The monoisotopic (exact) mass is 460 g/mol. The fourth-order valence-corrected chi connectivity index (χ4v) is 4.08. The molecule has 0 amide bonds. The topological polar surface area (TPSA) is 57.2 Å². The van der Waals surface area contributed by atoms with Gasteiger partial charge in [-0.1, -0.05) is 97.1 Å². The van der Waals surface area contributed by atoms with Crippen molar-refractivity contribution in [1.82, 2.24) is 0 Å². The highest BCUT2D eigenvalue weighted by Gasteiger charge is 2.46. The van der Waals surface area contributed by atoms with E-state index in [1.807, 2.05) is 91.0 Å². The van der Waals surface area contributed by atoms with Crippen molar-refractivity contribution in [2.24, 2.45) is 0 Å². The first kappa shape index (κ1) is 24.3. The molecule has 3 aromatic carbocycles. The van der Waals surface area contributed by atoms with Crippen molar-refractivity contribution in [2.75, 3.05) is 6.61 Å². The normalized spacial score (nSPS) is 24.6. The van der Waals surface area contributed by atoms with Gasteiger partial charge in [0.15, 0.2) is 0 Å². The van der Waals surface area contributed by atoms with Crippen molar-refractivity contribution in [1.29, 1.82) is 0 Å². The molecule has 34 heavy (non-hydrogen) atoms. The standard InChI is InChI=1S/C29H32O5/c1-2-25-27(30)29(33-20-24-16-10-5-11-17-24)28(32-19-23-14-8-4-9-15-23)26(34-25)21-31-18-22-12-6-3-7-13-22/h2-17,25-30H,1,18-21H2/t25-,26+,27+,28+,29+/m0/s1. The van der Waals surface area contributed by atoms with Crippen LogP contribution in [0.1, 0.15) is 16.7 Å². The highest BCUT2D eigenvalue weighted by molar-refractivity contribution is 5.15. The summed E-state index contributed by atoms with van der Waals surface area (Å²) < 4.78 is 24.8. The van der Waals surface area contributed by atoms with Gasteiger partial charge in [-0.15, -0.1) is 6.58 Å². The molecular formula is C29H32O5. The lowest BCUT2D eigenvalue weighted by atomic mass is 9.94. The second-order valence-corrected chi connectivity index (χ2v) is 8.39. The van der Waals surface area contributed by atoms with Crippen LogP contribution >= 0.6 is 0 Å². The molecule has 0 radical (unpaired) electrons. The van der Waals surface area contributed by atoms with E-state index in [0.717, 1.165) is 16.7 Å². The number of benzene rings is 3. The average molecular weight is 461 g/mol.